The minimum Gasteiger partial charge on any atom is -0.307 e. The van der Waals surface area contributed by atoms with Gasteiger partial charge in [-0.3, -0.25) is 4.79 Å². The maximum Gasteiger partial charge on any atom is 0.281 e. The van der Waals surface area contributed by atoms with Crippen LogP contribution < -0.4 is 5.56 Å². The third kappa shape index (κ3) is 3.46. The topological polar surface area (TPSA) is 120 Å². The first kappa shape index (κ1) is 17.9. The number of aromatic nitrogens is 9. The molecule has 0 saturated heterocycles. The second-order valence-corrected chi connectivity index (χ2v) is 6.93. The van der Waals surface area contributed by atoms with E-state index in [0.29, 0.717) is 23.8 Å². The molecule has 0 radical (unpaired) electrons. The van der Waals surface area contributed by atoms with E-state index in [1.165, 1.54) is 10.4 Å². The Morgan fingerprint density at radius 3 is 2.53 bits per heavy atom. The van der Waals surface area contributed by atoms with Crippen molar-refractivity contribution in [3.05, 3.63) is 81.9 Å². The van der Waals surface area contributed by atoms with Crippen molar-refractivity contribution in [1.29, 1.82) is 0 Å². The Morgan fingerprint density at radius 1 is 0.933 bits per heavy atom. The van der Waals surface area contributed by atoms with Crippen LogP contribution in [0.15, 0.2) is 59.4 Å². The predicted molar refractivity (Wildman–Crippen MR) is 109 cm³/mol. The number of fused-ring (bicyclic) bond motifs is 1. The highest BCUT2D eigenvalue weighted by molar-refractivity contribution is 5.68. The van der Waals surface area contributed by atoms with Crippen molar-refractivity contribution in [2.24, 2.45) is 0 Å². The standard InChI is InChI=1S/C20H17N9O/c1-13-7-9-14(10-8-13)11-28-19-17(23-26-28)20(30)22-16(21-19)12-29-25-18(24-27-29)15-5-3-2-4-6-15/h2-10H,11-12H2,1H3,(H,21,22,30). The number of rotatable bonds is 5. The highest BCUT2D eigenvalue weighted by Gasteiger charge is 2.14. The summed E-state index contributed by atoms with van der Waals surface area (Å²) in [4.78, 5) is 21.1. The molecule has 0 unspecified atom stereocenters. The fraction of sp³-hybridized carbons (Fsp3) is 0.150. The number of benzene rings is 2. The Bertz CT molecular complexity index is 1370. The fourth-order valence-electron chi connectivity index (χ4n) is 3.11. The summed E-state index contributed by atoms with van der Waals surface area (Å²) in [5.41, 5.74) is 3.34. The fourth-order valence-corrected chi connectivity index (χ4v) is 3.11. The molecule has 0 aliphatic rings. The Kier molecular flexibility index (Phi) is 4.36. The lowest BCUT2D eigenvalue weighted by Gasteiger charge is -2.04. The van der Waals surface area contributed by atoms with E-state index in [0.717, 1.165) is 11.1 Å². The Balaban J connectivity index is 1.45. The number of tetrazole rings is 1. The van der Waals surface area contributed by atoms with Crippen molar-refractivity contribution in [1.82, 2.24) is 45.2 Å². The van der Waals surface area contributed by atoms with E-state index >= 15 is 0 Å². The lowest BCUT2D eigenvalue weighted by atomic mass is 10.1. The normalized spacial score (nSPS) is 11.2. The van der Waals surface area contributed by atoms with Crippen LogP contribution in [0.25, 0.3) is 22.6 Å². The summed E-state index contributed by atoms with van der Waals surface area (Å²) in [5, 5.41) is 20.6. The Hall–Kier alpha value is -4.21. The van der Waals surface area contributed by atoms with Crippen LogP contribution in [0.4, 0.5) is 0 Å². The first-order valence-electron chi connectivity index (χ1n) is 9.37. The number of aromatic amines is 1. The molecule has 3 heterocycles. The van der Waals surface area contributed by atoms with Gasteiger partial charge in [-0.05, 0) is 17.7 Å². The van der Waals surface area contributed by atoms with Crippen molar-refractivity contribution in [2.75, 3.05) is 0 Å². The van der Waals surface area contributed by atoms with E-state index in [-0.39, 0.29) is 17.6 Å². The summed E-state index contributed by atoms with van der Waals surface area (Å²) < 4.78 is 1.61. The van der Waals surface area contributed by atoms with Crippen LogP contribution in [0, 0.1) is 6.92 Å². The van der Waals surface area contributed by atoms with Gasteiger partial charge in [0.15, 0.2) is 11.2 Å². The SMILES string of the molecule is Cc1ccc(Cn2nnc3c(=O)[nH]c(Cn4nnc(-c5ccccc5)n4)nc32)cc1. The molecule has 0 aliphatic heterocycles. The quantitative estimate of drug-likeness (QED) is 0.476. The molecule has 0 amide bonds. The van der Waals surface area contributed by atoms with Crippen LogP contribution in [-0.4, -0.2) is 45.2 Å². The van der Waals surface area contributed by atoms with Crippen LogP contribution in [0.3, 0.4) is 0 Å². The number of nitrogens with zero attached hydrogens (tertiary/aromatic N) is 8. The molecule has 0 aliphatic carbocycles. The monoisotopic (exact) mass is 399 g/mol. The van der Waals surface area contributed by atoms with E-state index in [1.807, 2.05) is 61.5 Å². The zero-order valence-electron chi connectivity index (χ0n) is 16.1. The maximum atomic E-state index is 12.4. The molecule has 10 nitrogen and oxygen atoms in total. The van der Waals surface area contributed by atoms with Crippen LogP contribution in [0.1, 0.15) is 17.0 Å². The van der Waals surface area contributed by atoms with Crippen LogP contribution in [0.2, 0.25) is 0 Å². The number of hydrogen-bond acceptors (Lipinski definition) is 7. The van der Waals surface area contributed by atoms with Crippen LogP contribution >= 0.6 is 0 Å². The van der Waals surface area contributed by atoms with Gasteiger partial charge in [-0.15, -0.1) is 15.3 Å². The summed E-state index contributed by atoms with van der Waals surface area (Å²) in [6, 6.07) is 17.6. The van der Waals surface area contributed by atoms with Gasteiger partial charge in [-0.25, -0.2) is 9.67 Å². The third-order valence-electron chi connectivity index (χ3n) is 4.65. The van der Waals surface area contributed by atoms with Crippen molar-refractivity contribution in [3.8, 4) is 11.4 Å². The molecule has 0 fully saturated rings. The van der Waals surface area contributed by atoms with Crippen LogP contribution in [0.5, 0.6) is 0 Å². The van der Waals surface area contributed by atoms with Gasteiger partial charge in [0.1, 0.15) is 12.4 Å². The van der Waals surface area contributed by atoms with E-state index in [4.69, 9.17) is 0 Å². The molecule has 0 atom stereocenters. The largest absolute Gasteiger partial charge is 0.307 e. The zero-order valence-corrected chi connectivity index (χ0v) is 16.1. The van der Waals surface area contributed by atoms with Gasteiger partial charge in [-0.1, -0.05) is 65.4 Å². The average molecular weight is 399 g/mol. The second kappa shape index (κ2) is 7.32. The molecule has 5 aromatic rings. The minimum atomic E-state index is -0.353. The lowest BCUT2D eigenvalue weighted by molar-refractivity contribution is 0.553. The summed E-state index contributed by atoms with van der Waals surface area (Å²) in [6.45, 7) is 2.66. The third-order valence-corrected chi connectivity index (χ3v) is 4.65. The highest BCUT2D eigenvalue weighted by Crippen LogP contribution is 2.12. The molecule has 0 spiro atoms. The summed E-state index contributed by atoms with van der Waals surface area (Å²) >= 11 is 0. The van der Waals surface area contributed by atoms with Gasteiger partial charge in [0.2, 0.25) is 5.82 Å². The van der Waals surface area contributed by atoms with Gasteiger partial charge in [0.05, 0.1) is 6.54 Å². The second-order valence-electron chi connectivity index (χ2n) is 6.93. The predicted octanol–water partition coefficient (Wildman–Crippen LogP) is 1.57. The Labute approximate surface area is 170 Å². The number of aryl methyl sites for hydroxylation is 1. The molecule has 3 aromatic heterocycles. The highest BCUT2D eigenvalue weighted by atomic mass is 16.1. The lowest BCUT2D eigenvalue weighted by Crippen LogP contribution is -2.16. The molecule has 30 heavy (non-hydrogen) atoms. The summed E-state index contributed by atoms with van der Waals surface area (Å²) in [7, 11) is 0. The Morgan fingerprint density at radius 2 is 1.73 bits per heavy atom. The first-order valence-corrected chi connectivity index (χ1v) is 9.37. The van der Waals surface area contributed by atoms with Gasteiger partial charge in [0, 0.05) is 5.56 Å². The van der Waals surface area contributed by atoms with Crippen molar-refractivity contribution < 1.29 is 0 Å². The molecule has 10 heteroatoms. The van der Waals surface area contributed by atoms with Gasteiger partial charge in [-0.2, -0.15) is 4.80 Å². The molecule has 5 rings (SSSR count). The van der Waals surface area contributed by atoms with Gasteiger partial charge in [0.25, 0.3) is 5.56 Å². The van der Waals surface area contributed by atoms with Gasteiger partial charge >= 0.3 is 0 Å². The minimum absolute atomic E-state index is 0.167. The van der Waals surface area contributed by atoms with Crippen LogP contribution in [-0.2, 0) is 13.1 Å². The van der Waals surface area contributed by atoms with E-state index in [1.54, 1.807) is 4.68 Å². The van der Waals surface area contributed by atoms with E-state index < -0.39 is 0 Å². The maximum absolute atomic E-state index is 12.4. The van der Waals surface area contributed by atoms with E-state index in [2.05, 4.69) is 35.7 Å². The molecular formula is C20H17N9O. The van der Waals surface area contributed by atoms with Crippen molar-refractivity contribution in [2.45, 2.75) is 20.0 Å². The molecule has 2 aromatic carbocycles. The zero-order chi connectivity index (χ0) is 20.5. The molecule has 0 saturated carbocycles. The number of hydrogen-bond donors (Lipinski definition) is 1. The number of nitrogens with one attached hydrogen (secondary N) is 1. The molecule has 148 valence electrons. The number of H-pyrrole nitrogens is 1. The van der Waals surface area contributed by atoms with Gasteiger partial charge < -0.3 is 4.98 Å². The summed E-state index contributed by atoms with van der Waals surface area (Å²) in [6.07, 6.45) is 0. The molecular weight excluding hydrogens is 382 g/mol. The van der Waals surface area contributed by atoms with Crippen molar-refractivity contribution in [3.63, 3.8) is 0 Å². The first-order chi connectivity index (χ1) is 14.7. The molecule has 0 bridgehead atoms. The average Bonchev–Trinajstić information content (AvgIpc) is 3.38. The smallest absolute Gasteiger partial charge is 0.281 e. The van der Waals surface area contributed by atoms with E-state index in [9.17, 15) is 4.79 Å². The summed E-state index contributed by atoms with van der Waals surface area (Å²) in [5.74, 6) is 0.905. The molecule has 1 N–H and O–H groups in total. The van der Waals surface area contributed by atoms with Crippen molar-refractivity contribution >= 4 is 11.2 Å².